The maximum Gasteiger partial charge on any atom is 0.101 e. The molecule has 0 aliphatic heterocycles. The van der Waals surface area contributed by atoms with Gasteiger partial charge in [0.1, 0.15) is 6.07 Å². The van der Waals surface area contributed by atoms with Gasteiger partial charge in [0.15, 0.2) is 0 Å². The van der Waals surface area contributed by atoms with Gasteiger partial charge in [-0.2, -0.15) is 5.26 Å². The molecule has 1 aliphatic rings. The highest BCUT2D eigenvalue weighted by molar-refractivity contribution is 6.33. The third-order valence-electron chi connectivity index (χ3n) is 3.65. The van der Waals surface area contributed by atoms with Crippen LogP contribution in [0.1, 0.15) is 42.9 Å². The molecular formula is C14H19Cl2N3O. The van der Waals surface area contributed by atoms with Gasteiger partial charge in [0.2, 0.25) is 0 Å². The number of benzene rings is 1. The molecule has 6 heteroatoms. The Labute approximate surface area is 130 Å². The van der Waals surface area contributed by atoms with E-state index in [1.165, 1.54) is 12.8 Å². The fraction of sp³-hybridized carbons (Fsp3) is 0.500. The Morgan fingerprint density at radius 3 is 2.65 bits per heavy atom. The van der Waals surface area contributed by atoms with E-state index >= 15 is 0 Å². The minimum Gasteiger partial charge on any atom is -0.396 e. The topological polar surface area (TPSA) is 82.1 Å². The van der Waals surface area contributed by atoms with Gasteiger partial charge in [-0.15, -0.1) is 12.4 Å². The van der Waals surface area contributed by atoms with Crippen LogP contribution in [0, 0.1) is 11.3 Å². The molecule has 1 aliphatic carbocycles. The number of aliphatic hydroxyl groups excluding tert-OH is 1. The van der Waals surface area contributed by atoms with Crippen LogP contribution in [0.2, 0.25) is 5.02 Å². The standard InChI is InChI=1S/C14H18ClN3O.ClH/c15-12-6-9(5-10(7-16)14(12)17)13(8-19)18-11-3-1-2-4-11;/h5-6,11,13,18-19H,1-4,8,17H2;1H. The molecule has 0 radical (unpaired) electrons. The number of rotatable bonds is 4. The summed E-state index contributed by atoms with van der Waals surface area (Å²) in [5.41, 5.74) is 7.19. The molecule has 0 spiro atoms. The molecule has 0 aromatic heterocycles. The van der Waals surface area contributed by atoms with Crippen LogP contribution in [0.4, 0.5) is 5.69 Å². The van der Waals surface area contributed by atoms with Crippen LogP contribution in [0.15, 0.2) is 12.1 Å². The Kier molecular flexibility index (Phi) is 6.57. The lowest BCUT2D eigenvalue weighted by atomic mass is 10.0. The van der Waals surface area contributed by atoms with Crippen LogP contribution in [0.25, 0.3) is 0 Å². The molecule has 0 amide bonds. The number of nitrogens with one attached hydrogen (secondary N) is 1. The number of aliphatic hydroxyl groups is 1. The van der Waals surface area contributed by atoms with Gasteiger partial charge in [0.05, 0.1) is 28.9 Å². The quantitative estimate of drug-likeness (QED) is 0.746. The Bertz CT molecular complexity index is 496. The van der Waals surface area contributed by atoms with Crippen LogP contribution in [-0.4, -0.2) is 17.8 Å². The van der Waals surface area contributed by atoms with Crippen molar-refractivity contribution < 1.29 is 5.11 Å². The normalized spacial score (nSPS) is 16.4. The second-order valence-electron chi connectivity index (χ2n) is 4.96. The predicted octanol–water partition coefficient (Wildman–Crippen LogP) is 2.78. The number of hydrogen-bond acceptors (Lipinski definition) is 4. The van der Waals surface area contributed by atoms with E-state index in [2.05, 4.69) is 5.32 Å². The first-order valence-electron chi connectivity index (χ1n) is 6.51. The molecule has 4 nitrogen and oxygen atoms in total. The molecule has 1 aromatic carbocycles. The molecule has 1 aromatic rings. The number of hydrogen-bond donors (Lipinski definition) is 3. The van der Waals surface area contributed by atoms with Gasteiger partial charge in [0.25, 0.3) is 0 Å². The van der Waals surface area contributed by atoms with Crippen LogP contribution in [-0.2, 0) is 0 Å². The average Bonchev–Trinajstić information content (AvgIpc) is 2.92. The van der Waals surface area contributed by atoms with Gasteiger partial charge in [-0.05, 0) is 30.5 Å². The summed E-state index contributed by atoms with van der Waals surface area (Å²) in [4.78, 5) is 0. The molecule has 2 rings (SSSR count). The molecule has 4 N–H and O–H groups in total. The lowest BCUT2D eigenvalue weighted by molar-refractivity contribution is 0.233. The smallest absolute Gasteiger partial charge is 0.101 e. The average molecular weight is 316 g/mol. The maximum absolute atomic E-state index is 9.54. The number of nitriles is 1. The van der Waals surface area contributed by atoms with Crippen molar-refractivity contribution in [3.05, 3.63) is 28.3 Å². The number of nitrogens with zero attached hydrogens (tertiary/aromatic N) is 1. The van der Waals surface area contributed by atoms with Crippen molar-refractivity contribution >= 4 is 29.7 Å². The molecule has 1 atom stereocenters. The third kappa shape index (κ3) is 3.77. The monoisotopic (exact) mass is 315 g/mol. The molecule has 110 valence electrons. The van der Waals surface area contributed by atoms with Crippen molar-refractivity contribution in [1.29, 1.82) is 5.26 Å². The van der Waals surface area contributed by atoms with E-state index in [0.717, 1.165) is 18.4 Å². The van der Waals surface area contributed by atoms with Gasteiger partial charge < -0.3 is 16.2 Å². The summed E-state index contributed by atoms with van der Waals surface area (Å²) in [5, 5.41) is 22.4. The summed E-state index contributed by atoms with van der Waals surface area (Å²) in [6.45, 7) is -0.0262. The molecule has 1 fully saturated rings. The van der Waals surface area contributed by atoms with Crippen molar-refractivity contribution in [2.45, 2.75) is 37.8 Å². The zero-order valence-electron chi connectivity index (χ0n) is 11.1. The minimum absolute atomic E-state index is 0. The second-order valence-corrected chi connectivity index (χ2v) is 5.37. The first kappa shape index (κ1) is 17.1. The van der Waals surface area contributed by atoms with Crippen LogP contribution < -0.4 is 11.1 Å². The fourth-order valence-electron chi connectivity index (χ4n) is 2.56. The van der Waals surface area contributed by atoms with E-state index in [1.807, 2.05) is 6.07 Å². The first-order chi connectivity index (χ1) is 9.15. The lowest BCUT2D eigenvalue weighted by Gasteiger charge is -2.22. The highest BCUT2D eigenvalue weighted by atomic mass is 35.5. The Hall–Kier alpha value is -0.990. The number of nitrogens with two attached hydrogens (primary N) is 1. The largest absolute Gasteiger partial charge is 0.396 e. The minimum atomic E-state index is -0.201. The second kappa shape index (κ2) is 7.70. The predicted molar refractivity (Wildman–Crippen MR) is 83.0 cm³/mol. The first-order valence-corrected chi connectivity index (χ1v) is 6.89. The Balaban J connectivity index is 0.00000200. The van der Waals surface area contributed by atoms with Crippen LogP contribution in [0.5, 0.6) is 0 Å². The van der Waals surface area contributed by atoms with E-state index in [9.17, 15) is 5.11 Å². The van der Waals surface area contributed by atoms with E-state index in [1.54, 1.807) is 12.1 Å². The third-order valence-corrected chi connectivity index (χ3v) is 3.96. The van der Waals surface area contributed by atoms with Gasteiger partial charge >= 0.3 is 0 Å². The zero-order valence-corrected chi connectivity index (χ0v) is 12.7. The van der Waals surface area contributed by atoms with Gasteiger partial charge in [0, 0.05) is 6.04 Å². The SMILES string of the molecule is Cl.N#Cc1cc(C(CO)NC2CCCC2)cc(Cl)c1N. The summed E-state index contributed by atoms with van der Waals surface area (Å²) in [7, 11) is 0. The van der Waals surface area contributed by atoms with Gasteiger partial charge in [-0.25, -0.2) is 0 Å². The highest BCUT2D eigenvalue weighted by Gasteiger charge is 2.21. The molecule has 0 saturated heterocycles. The summed E-state index contributed by atoms with van der Waals surface area (Å²) < 4.78 is 0. The van der Waals surface area contributed by atoms with Crippen molar-refractivity contribution in [2.24, 2.45) is 0 Å². The lowest BCUT2D eigenvalue weighted by Crippen LogP contribution is -2.32. The van der Waals surface area contributed by atoms with Crippen molar-refractivity contribution in [3.8, 4) is 6.07 Å². The number of halogens is 2. The summed E-state index contributed by atoms with van der Waals surface area (Å²) in [5.74, 6) is 0. The maximum atomic E-state index is 9.54. The Morgan fingerprint density at radius 2 is 2.10 bits per heavy atom. The number of anilines is 1. The molecular weight excluding hydrogens is 297 g/mol. The van der Waals surface area contributed by atoms with E-state index in [4.69, 9.17) is 22.6 Å². The zero-order chi connectivity index (χ0) is 13.8. The van der Waals surface area contributed by atoms with Gasteiger partial charge in [-0.3, -0.25) is 0 Å². The summed E-state index contributed by atoms with van der Waals surface area (Å²) in [6.07, 6.45) is 4.71. The highest BCUT2D eigenvalue weighted by Crippen LogP contribution is 2.29. The van der Waals surface area contributed by atoms with Gasteiger partial charge in [-0.1, -0.05) is 24.4 Å². The molecule has 0 heterocycles. The van der Waals surface area contributed by atoms with E-state index in [-0.39, 0.29) is 25.1 Å². The van der Waals surface area contributed by atoms with Crippen molar-refractivity contribution in [1.82, 2.24) is 5.32 Å². The summed E-state index contributed by atoms with van der Waals surface area (Å²) >= 11 is 6.03. The Morgan fingerprint density at radius 1 is 1.45 bits per heavy atom. The molecule has 0 bridgehead atoms. The molecule has 1 saturated carbocycles. The fourth-order valence-corrected chi connectivity index (χ4v) is 2.79. The summed E-state index contributed by atoms with van der Waals surface area (Å²) in [6, 6.07) is 5.68. The van der Waals surface area contributed by atoms with Crippen molar-refractivity contribution in [3.63, 3.8) is 0 Å². The molecule has 1 unspecified atom stereocenters. The van der Waals surface area contributed by atoms with Crippen molar-refractivity contribution in [2.75, 3.05) is 12.3 Å². The van der Waals surface area contributed by atoms with Crippen LogP contribution >= 0.6 is 24.0 Å². The van der Waals surface area contributed by atoms with E-state index in [0.29, 0.717) is 22.3 Å². The number of nitrogen functional groups attached to an aromatic ring is 1. The molecule has 20 heavy (non-hydrogen) atoms. The van der Waals surface area contributed by atoms with E-state index < -0.39 is 0 Å². The van der Waals surface area contributed by atoms with Crippen LogP contribution in [0.3, 0.4) is 0 Å².